The molecule has 1 aromatic carbocycles. The van der Waals surface area contributed by atoms with E-state index in [9.17, 15) is 4.79 Å². The fourth-order valence-electron chi connectivity index (χ4n) is 2.66. The molecule has 1 fully saturated rings. The summed E-state index contributed by atoms with van der Waals surface area (Å²) >= 11 is 0. The predicted molar refractivity (Wildman–Crippen MR) is 93.3 cm³/mol. The van der Waals surface area contributed by atoms with Crippen molar-refractivity contribution in [3.8, 4) is 11.5 Å². The maximum Gasteiger partial charge on any atom is 0.220 e. The second-order valence-electron chi connectivity index (χ2n) is 5.81. The lowest BCUT2D eigenvalue weighted by atomic mass is 9.92. The van der Waals surface area contributed by atoms with E-state index < -0.39 is 0 Å². The number of methoxy groups -OCH3 is 1. The number of carbonyl (C=O) groups excluding carboxylic acids is 1. The predicted octanol–water partition coefficient (Wildman–Crippen LogP) is 2.66. The van der Waals surface area contributed by atoms with Gasteiger partial charge in [0.2, 0.25) is 5.91 Å². The smallest absolute Gasteiger partial charge is 0.220 e. The number of rotatable bonds is 7. The summed E-state index contributed by atoms with van der Waals surface area (Å²) in [7, 11) is 1.63. The molecule has 2 rings (SSSR count). The second-order valence-corrected chi connectivity index (χ2v) is 5.81. The van der Waals surface area contributed by atoms with Crippen LogP contribution in [0.3, 0.4) is 0 Å². The van der Waals surface area contributed by atoms with Crippen LogP contribution in [0.1, 0.15) is 38.5 Å². The van der Waals surface area contributed by atoms with E-state index in [4.69, 9.17) is 15.2 Å². The molecule has 1 aromatic rings. The normalized spacial score (nSPS) is 20.3. The number of carbonyl (C=O) groups is 1. The van der Waals surface area contributed by atoms with Gasteiger partial charge in [0.15, 0.2) is 0 Å². The quantitative estimate of drug-likeness (QED) is 0.747. The lowest BCUT2D eigenvalue weighted by molar-refractivity contribution is -0.122. The van der Waals surface area contributed by atoms with Gasteiger partial charge in [-0.25, -0.2) is 0 Å². The minimum Gasteiger partial charge on any atom is -0.497 e. The Balaban J connectivity index is 0.00000264. The highest BCUT2D eigenvalue weighted by molar-refractivity contribution is 5.85. The molecule has 0 bridgehead atoms. The minimum atomic E-state index is 0. The third-order valence-electron chi connectivity index (χ3n) is 4.01. The van der Waals surface area contributed by atoms with E-state index in [1.54, 1.807) is 7.11 Å². The molecule has 5 nitrogen and oxygen atoms in total. The van der Waals surface area contributed by atoms with Crippen molar-refractivity contribution in [2.45, 2.75) is 50.6 Å². The molecule has 0 unspecified atom stereocenters. The van der Waals surface area contributed by atoms with Crippen LogP contribution in [0, 0.1) is 0 Å². The van der Waals surface area contributed by atoms with Gasteiger partial charge in [-0.15, -0.1) is 12.4 Å². The van der Waals surface area contributed by atoms with Crippen molar-refractivity contribution >= 4 is 18.3 Å². The summed E-state index contributed by atoms with van der Waals surface area (Å²) in [5.41, 5.74) is 5.86. The van der Waals surface area contributed by atoms with Crippen molar-refractivity contribution < 1.29 is 14.3 Å². The maximum atomic E-state index is 11.9. The van der Waals surface area contributed by atoms with Crippen LogP contribution in [0.2, 0.25) is 0 Å². The highest BCUT2D eigenvalue weighted by Gasteiger charge is 2.19. The molecule has 6 heteroatoms. The molecule has 1 aliphatic rings. The fourth-order valence-corrected chi connectivity index (χ4v) is 2.66. The van der Waals surface area contributed by atoms with Crippen molar-refractivity contribution in [1.82, 2.24) is 5.32 Å². The van der Waals surface area contributed by atoms with Gasteiger partial charge in [0.1, 0.15) is 11.5 Å². The van der Waals surface area contributed by atoms with E-state index in [0.29, 0.717) is 31.5 Å². The van der Waals surface area contributed by atoms with Crippen LogP contribution < -0.4 is 20.5 Å². The first-order chi connectivity index (χ1) is 10.7. The van der Waals surface area contributed by atoms with E-state index >= 15 is 0 Å². The molecule has 1 amide bonds. The zero-order chi connectivity index (χ0) is 15.8. The summed E-state index contributed by atoms with van der Waals surface area (Å²) < 4.78 is 10.7. The van der Waals surface area contributed by atoms with Gasteiger partial charge in [0, 0.05) is 18.5 Å². The number of nitrogens with one attached hydrogen (secondary N) is 1. The fraction of sp³-hybridized carbons (Fsp3) is 0.588. The number of nitrogens with two attached hydrogens (primary N) is 1. The van der Waals surface area contributed by atoms with Crippen molar-refractivity contribution in [2.24, 2.45) is 5.73 Å². The SMILES string of the molecule is COc1ccc(OCCCC(=O)NC2CCC(N)CC2)cc1.Cl. The summed E-state index contributed by atoms with van der Waals surface area (Å²) in [5.74, 6) is 1.71. The molecule has 0 atom stereocenters. The van der Waals surface area contributed by atoms with E-state index in [2.05, 4.69) is 5.32 Å². The Labute approximate surface area is 144 Å². The van der Waals surface area contributed by atoms with Crippen LogP contribution in [0.5, 0.6) is 11.5 Å². The third kappa shape index (κ3) is 7.10. The zero-order valence-corrected chi connectivity index (χ0v) is 14.4. The number of benzene rings is 1. The van der Waals surface area contributed by atoms with Gasteiger partial charge in [0.25, 0.3) is 0 Å². The Morgan fingerprint density at radius 1 is 1.17 bits per heavy atom. The minimum absolute atomic E-state index is 0. The Hall–Kier alpha value is -1.46. The molecular formula is C17H27ClN2O3. The standard InChI is InChI=1S/C17H26N2O3.ClH/c1-21-15-8-10-16(11-9-15)22-12-2-3-17(20)19-14-6-4-13(18)5-7-14;/h8-11,13-14H,2-7,12,18H2,1H3,(H,19,20);1H. The molecule has 0 spiro atoms. The van der Waals surface area contributed by atoms with Gasteiger partial charge < -0.3 is 20.5 Å². The average molecular weight is 343 g/mol. The van der Waals surface area contributed by atoms with Gasteiger partial charge in [-0.1, -0.05) is 0 Å². The van der Waals surface area contributed by atoms with Gasteiger partial charge in [0.05, 0.1) is 13.7 Å². The van der Waals surface area contributed by atoms with Gasteiger partial charge in [-0.3, -0.25) is 4.79 Å². The summed E-state index contributed by atoms with van der Waals surface area (Å²) in [5, 5.41) is 3.09. The zero-order valence-electron chi connectivity index (χ0n) is 13.6. The summed E-state index contributed by atoms with van der Waals surface area (Å²) in [6, 6.07) is 8.06. The molecule has 1 saturated carbocycles. The first-order valence-electron chi connectivity index (χ1n) is 7.99. The van der Waals surface area contributed by atoms with Crippen LogP contribution in [-0.2, 0) is 4.79 Å². The van der Waals surface area contributed by atoms with Gasteiger partial charge in [-0.05, 0) is 56.4 Å². The monoisotopic (exact) mass is 342 g/mol. The molecule has 1 aliphatic carbocycles. The Morgan fingerprint density at radius 3 is 2.39 bits per heavy atom. The number of ether oxygens (including phenoxy) is 2. The molecular weight excluding hydrogens is 316 g/mol. The first-order valence-corrected chi connectivity index (χ1v) is 7.99. The van der Waals surface area contributed by atoms with Crippen LogP contribution in [-0.4, -0.2) is 31.7 Å². The Bertz CT molecular complexity index is 459. The van der Waals surface area contributed by atoms with E-state index in [1.807, 2.05) is 24.3 Å². The number of halogens is 1. The number of hydrogen-bond acceptors (Lipinski definition) is 4. The average Bonchev–Trinajstić information content (AvgIpc) is 2.54. The van der Waals surface area contributed by atoms with E-state index in [1.165, 1.54) is 0 Å². The van der Waals surface area contributed by atoms with Crippen molar-refractivity contribution in [1.29, 1.82) is 0 Å². The van der Waals surface area contributed by atoms with Crippen LogP contribution in [0.15, 0.2) is 24.3 Å². The highest BCUT2D eigenvalue weighted by Crippen LogP contribution is 2.18. The summed E-state index contributed by atoms with van der Waals surface area (Å²) in [4.78, 5) is 11.9. The maximum absolute atomic E-state index is 11.9. The Kier molecular flexibility index (Phi) is 8.81. The molecule has 23 heavy (non-hydrogen) atoms. The summed E-state index contributed by atoms with van der Waals surface area (Å²) in [6.07, 6.45) is 5.21. The number of amides is 1. The molecule has 0 aromatic heterocycles. The molecule has 0 aliphatic heterocycles. The highest BCUT2D eigenvalue weighted by atomic mass is 35.5. The number of hydrogen-bond donors (Lipinski definition) is 2. The first kappa shape index (κ1) is 19.6. The largest absolute Gasteiger partial charge is 0.497 e. The van der Waals surface area contributed by atoms with Crippen LogP contribution >= 0.6 is 12.4 Å². The van der Waals surface area contributed by atoms with Crippen molar-refractivity contribution in [3.63, 3.8) is 0 Å². The topological polar surface area (TPSA) is 73.6 Å². The molecule has 130 valence electrons. The Morgan fingerprint density at radius 2 is 1.78 bits per heavy atom. The van der Waals surface area contributed by atoms with Gasteiger partial charge in [-0.2, -0.15) is 0 Å². The van der Waals surface area contributed by atoms with E-state index in [-0.39, 0.29) is 18.3 Å². The molecule has 0 saturated heterocycles. The second kappa shape index (κ2) is 10.3. The van der Waals surface area contributed by atoms with Crippen LogP contribution in [0.25, 0.3) is 0 Å². The molecule has 3 N–H and O–H groups in total. The summed E-state index contributed by atoms with van der Waals surface area (Å²) in [6.45, 7) is 0.537. The van der Waals surface area contributed by atoms with Gasteiger partial charge >= 0.3 is 0 Å². The molecule has 0 heterocycles. The van der Waals surface area contributed by atoms with Crippen molar-refractivity contribution in [2.75, 3.05) is 13.7 Å². The van der Waals surface area contributed by atoms with E-state index in [0.717, 1.165) is 37.2 Å². The van der Waals surface area contributed by atoms with Crippen molar-refractivity contribution in [3.05, 3.63) is 24.3 Å². The third-order valence-corrected chi connectivity index (χ3v) is 4.01. The lowest BCUT2D eigenvalue weighted by Crippen LogP contribution is -2.40. The van der Waals surface area contributed by atoms with Crippen LogP contribution in [0.4, 0.5) is 0 Å². The molecule has 0 radical (unpaired) electrons. The lowest BCUT2D eigenvalue weighted by Gasteiger charge is -2.26.